The number of hydrogen-bond acceptors (Lipinski definition) is 4. The molecule has 1 aliphatic rings. The van der Waals surface area contributed by atoms with Gasteiger partial charge in [-0.1, -0.05) is 0 Å². The standard InChI is InChI=1S/C15H19N5O2/c21-15(17-11-14-10-16-7-9-22-14)19-12-2-4-13(5-3-12)20-8-1-6-18-20/h1-6,8,14,16H,7,9-11H2,(H2,17,19,21)/t14-/m1/s1. The van der Waals surface area contributed by atoms with E-state index >= 15 is 0 Å². The van der Waals surface area contributed by atoms with Gasteiger partial charge in [-0.15, -0.1) is 0 Å². The van der Waals surface area contributed by atoms with Gasteiger partial charge in [0.05, 0.1) is 18.4 Å². The zero-order valence-corrected chi connectivity index (χ0v) is 12.2. The highest BCUT2D eigenvalue weighted by molar-refractivity contribution is 5.89. The van der Waals surface area contributed by atoms with Gasteiger partial charge in [0.1, 0.15) is 0 Å². The molecular formula is C15H19N5O2. The molecule has 7 nitrogen and oxygen atoms in total. The summed E-state index contributed by atoms with van der Waals surface area (Å²) in [5, 5.41) is 13.0. The van der Waals surface area contributed by atoms with Crippen molar-refractivity contribution in [3.8, 4) is 5.69 Å². The zero-order valence-electron chi connectivity index (χ0n) is 12.2. The average molecular weight is 301 g/mol. The predicted octanol–water partition coefficient (Wildman–Crippen LogP) is 0.982. The first-order chi connectivity index (χ1) is 10.8. The van der Waals surface area contributed by atoms with E-state index in [9.17, 15) is 4.79 Å². The van der Waals surface area contributed by atoms with Crippen LogP contribution >= 0.6 is 0 Å². The van der Waals surface area contributed by atoms with Crippen LogP contribution in [0.1, 0.15) is 0 Å². The Morgan fingerprint density at radius 1 is 1.41 bits per heavy atom. The van der Waals surface area contributed by atoms with E-state index in [0.717, 1.165) is 24.5 Å². The molecule has 3 N–H and O–H groups in total. The van der Waals surface area contributed by atoms with Gasteiger partial charge in [0.15, 0.2) is 0 Å². The third kappa shape index (κ3) is 3.84. The molecule has 22 heavy (non-hydrogen) atoms. The van der Waals surface area contributed by atoms with Gasteiger partial charge < -0.3 is 20.7 Å². The number of hydrogen-bond donors (Lipinski definition) is 3. The summed E-state index contributed by atoms with van der Waals surface area (Å²) < 4.78 is 7.28. The molecule has 116 valence electrons. The molecule has 3 rings (SSSR count). The minimum absolute atomic E-state index is 0.0293. The number of ether oxygens (including phenoxy) is 1. The van der Waals surface area contributed by atoms with E-state index in [-0.39, 0.29) is 12.1 Å². The van der Waals surface area contributed by atoms with Crippen LogP contribution in [0, 0.1) is 0 Å². The highest BCUT2D eigenvalue weighted by atomic mass is 16.5. The molecule has 1 aromatic carbocycles. The molecule has 2 aromatic rings. The number of urea groups is 1. The van der Waals surface area contributed by atoms with Crippen molar-refractivity contribution in [2.75, 3.05) is 31.6 Å². The van der Waals surface area contributed by atoms with E-state index in [0.29, 0.717) is 13.2 Å². The predicted molar refractivity (Wildman–Crippen MR) is 83.2 cm³/mol. The van der Waals surface area contributed by atoms with Gasteiger partial charge in [0.2, 0.25) is 0 Å². The lowest BCUT2D eigenvalue weighted by Gasteiger charge is -2.23. The topological polar surface area (TPSA) is 80.2 Å². The fourth-order valence-electron chi connectivity index (χ4n) is 2.25. The molecule has 0 unspecified atom stereocenters. The first kappa shape index (κ1) is 14.6. The molecule has 0 spiro atoms. The Labute approximate surface area is 128 Å². The van der Waals surface area contributed by atoms with Gasteiger partial charge in [0.25, 0.3) is 0 Å². The number of amides is 2. The van der Waals surface area contributed by atoms with Crippen LogP contribution in [0.3, 0.4) is 0 Å². The Morgan fingerprint density at radius 3 is 2.95 bits per heavy atom. The third-order valence-corrected chi connectivity index (χ3v) is 3.39. The fraction of sp³-hybridized carbons (Fsp3) is 0.333. The molecule has 2 heterocycles. The number of aromatic nitrogens is 2. The second-order valence-electron chi connectivity index (χ2n) is 5.03. The van der Waals surface area contributed by atoms with Gasteiger partial charge in [-0.2, -0.15) is 5.10 Å². The summed E-state index contributed by atoms with van der Waals surface area (Å²) in [6, 6.07) is 9.11. The molecule has 0 bridgehead atoms. The Morgan fingerprint density at radius 2 is 2.27 bits per heavy atom. The van der Waals surface area contributed by atoms with Gasteiger partial charge in [-0.3, -0.25) is 0 Å². The molecule has 1 fully saturated rings. The first-order valence-electron chi connectivity index (χ1n) is 7.28. The minimum Gasteiger partial charge on any atom is -0.374 e. The van der Waals surface area contributed by atoms with Crippen molar-refractivity contribution in [1.82, 2.24) is 20.4 Å². The number of carbonyl (C=O) groups is 1. The van der Waals surface area contributed by atoms with Gasteiger partial charge in [-0.25, -0.2) is 9.48 Å². The number of rotatable bonds is 4. The van der Waals surface area contributed by atoms with Crippen molar-refractivity contribution in [3.63, 3.8) is 0 Å². The van der Waals surface area contributed by atoms with Crippen molar-refractivity contribution >= 4 is 11.7 Å². The highest BCUT2D eigenvalue weighted by Gasteiger charge is 2.14. The Kier molecular flexibility index (Phi) is 4.67. The summed E-state index contributed by atoms with van der Waals surface area (Å²) in [5.74, 6) is 0. The molecule has 1 aromatic heterocycles. The molecule has 1 aliphatic heterocycles. The number of morpholine rings is 1. The Balaban J connectivity index is 1.48. The first-order valence-corrected chi connectivity index (χ1v) is 7.28. The third-order valence-electron chi connectivity index (χ3n) is 3.39. The molecule has 1 atom stereocenters. The summed E-state index contributed by atoms with van der Waals surface area (Å²) in [6.45, 7) is 2.80. The number of anilines is 1. The van der Waals surface area contributed by atoms with Crippen LogP contribution in [0.4, 0.5) is 10.5 Å². The van der Waals surface area contributed by atoms with Crippen LogP contribution in [-0.4, -0.2) is 48.2 Å². The minimum atomic E-state index is -0.235. The van der Waals surface area contributed by atoms with E-state index in [1.807, 2.05) is 36.5 Å². The molecule has 1 saturated heterocycles. The maximum absolute atomic E-state index is 11.9. The van der Waals surface area contributed by atoms with Crippen LogP contribution < -0.4 is 16.0 Å². The van der Waals surface area contributed by atoms with E-state index in [4.69, 9.17) is 4.74 Å². The Bertz CT molecular complexity index is 591. The van der Waals surface area contributed by atoms with Gasteiger partial charge in [-0.05, 0) is 30.3 Å². The average Bonchev–Trinajstić information content (AvgIpc) is 3.09. The van der Waals surface area contributed by atoms with Crippen molar-refractivity contribution in [3.05, 3.63) is 42.7 Å². The van der Waals surface area contributed by atoms with Crippen molar-refractivity contribution in [2.45, 2.75) is 6.10 Å². The highest BCUT2D eigenvalue weighted by Crippen LogP contribution is 2.12. The number of nitrogens with one attached hydrogen (secondary N) is 3. The van der Waals surface area contributed by atoms with E-state index < -0.39 is 0 Å². The molecule has 2 amide bonds. The van der Waals surface area contributed by atoms with Gasteiger partial charge >= 0.3 is 6.03 Å². The second-order valence-corrected chi connectivity index (χ2v) is 5.03. The molecule has 0 radical (unpaired) electrons. The molecule has 7 heteroatoms. The molecular weight excluding hydrogens is 282 g/mol. The quantitative estimate of drug-likeness (QED) is 0.786. The zero-order chi connectivity index (χ0) is 15.2. The largest absolute Gasteiger partial charge is 0.374 e. The van der Waals surface area contributed by atoms with Crippen LogP contribution in [0.15, 0.2) is 42.7 Å². The summed E-state index contributed by atoms with van der Waals surface area (Å²) >= 11 is 0. The maximum atomic E-state index is 11.9. The lowest BCUT2D eigenvalue weighted by Crippen LogP contribution is -2.45. The maximum Gasteiger partial charge on any atom is 0.319 e. The number of benzene rings is 1. The monoisotopic (exact) mass is 301 g/mol. The number of nitrogens with zero attached hydrogens (tertiary/aromatic N) is 2. The van der Waals surface area contributed by atoms with E-state index in [1.54, 1.807) is 10.9 Å². The normalized spacial score (nSPS) is 17.9. The van der Waals surface area contributed by atoms with Crippen molar-refractivity contribution in [1.29, 1.82) is 0 Å². The number of carbonyl (C=O) groups excluding carboxylic acids is 1. The van der Waals surface area contributed by atoms with Crippen molar-refractivity contribution in [2.24, 2.45) is 0 Å². The SMILES string of the molecule is O=C(NC[C@H]1CNCCO1)Nc1ccc(-n2cccn2)cc1. The smallest absolute Gasteiger partial charge is 0.319 e. The summed E-state index contributed by atoms with van der Waals surface area (Å²) in [7, 11) is 0. The Hall–Kier alpha value is -2.38. The van der Waals surface area contributed by atoms with Crippen LogP contribution in [0.2, 0.25) is 0 Å². The molecule has 0 aliphatic carbocycles. The lowest BCUT2D eigenvalue weighted by molar-refractivity contribution is 0.0310. The van der Waals surface area contributed by atoms with Crippen molar-refractivity contribution < 1.29 is 9.53 Å². The second kappa shape index (κ2) is 7.06. The van der Waals surface area contributed by atoms with Crippen LogP contribution in [0.25, 0.3) is 5.69 Å². The van der Waals surface area contributed by atoms with Gasteiger partial charge in [0, 0.05) is 37.7 Å². The van der Waals surface area contributed by atoms with E-state index in [2.05, 4.69) is 21.0 Å². The fourth-order valence-corrected chi connectivity index (χ4v) is 2.25. The summed E-state index contributed by atoms with van der Waals surface area (Å²) in [4.78, 5) is 11.9. The summed E-state index contributed by atoms with van der Waals surface area (Å²) in [5.41, 5.74) is 1.67. The van der Waals surface area contributed by atoms with E-state index in [1.165, 1.54) is 0 Å². The summed E-state index contributed by atoms with van der Waals surface area (Å²) in [6.07, 6.45) is 3.62. The molecule has 0 saturated carbocycles. The lowest BCUT2D eigenvalue weighted by atomic mass is 10.3. The van der Waals surface area contributed by atoms with Crippen LogP contribution in [-0.2, 0) is 4.74 Å². The van der Waals surface area contributed by atoms with Crippen LogP contribution in [0.5, 0.6) is 0 Å².